The lowest BCUT2D eigenvalue weighted by Gasteiger charge is -2.25. The molecule has 0 rings (SSSR count). The van der Waals surface area contributed by atoms with Crippen LogP contribution in [0.1, 0.15) is 13.8 Å². The predicted octanol–water partition coefficient (Wildman–Crippen LogP) is -5.41. The Bertz CT molecular complexity index is 328. The first-order chi connectivity index (χ1) is 9.62. The topological polar surface area (TPSA) is 74.6 Å². The van der Waals surface area contributed by atoms with Crippen LogP contribution in [0, 0.1) is 0 Å². The van der Waals surface area contributed by atoms with Crippen molar-refractivity contribution in [2.75, 3.05) is 55.4 Å². The molecule has 0 aliphatic rings. The molecule has 0 bridgehead atoms. The molecule has 0 saturated heterocycles. The third kappa shape index (κ3) is 31.1. The van der Waals surface area contributed by atoms with Crippen molar-refractivity contribution in [3.8, 4) is 0 Å². The molecule has 148 valence electrons. The van der Waals surface area contributed by atoms with Crippen molar-refractivity contribution in [2.45, 2.75) is 24.7 Å². The van der Waals surface area contributed by atoms with Crippen LogP contribution in [-0.4, -0.2) is 95.7 Å². The molecule has 0 heterocycles. The molecule has 0 saturated carbocycles. The summed E-state index contributed by atoms with van der Waals surface area (Å²) in [5, 5.41) is 18.5. The van der Waals surface area contributed by atoms with Crippen molar-refractivity contribution < 1.29 is 76.7 Å². The fraction of sp³-hybridized carbons (Fsp3) is 0.857. The molecule has 24 heavy (non-hydrogen) atoms. The Hall–Kier alpha value is 1.34. The van der Waals surface area contributed by atoms with Crippen LogP contribution < -0.4 is 48.0 Å². The number of likely N-dealkylation sites (N-methyl/N-ethyl adjacent to an activating group) is 2. The average Bonchev–Trinajstić information content (AvgIpc) is 2.07. The van der Waals surface area contributed by atoms with Crippen LogP contribution in [0.4, 0.5) is 0 Å². The van der Waals surface area contributed by atoms with E-state index in [1.165, 1.54) is 13.8 Å². The first kappa shape index (κ1) is 33.0. The lowest BCUT2D eigenvalue weighted by atomic mass is 10.5. The largest absolute Gasteiger partial charge is 1.00 e. The first-order valence-electron chi connectivity index (χ1n) is 6.94. The quantitative estimate of drug-likeness (QED) is 0.178. The normalized spacial score (nSPS) is 13.4. The molecule has 0 amide bonds. The zero-order valence-electron chi connectivity index (χ0n) is 15.7. The van der Waals surface area contributed by atoms with E-state index in [1.54, 1.807) is 0 Å². The number of quaternary nitrogens is 2. The highest BCUT2D eigenvalue weighted by atomic mass is 127. The minimum absolute atomic E-state index is 0. The second-order valence-corrected chi connectivity index (χ2v) is 9.78. The van der Waals surface area contributed by atoms with Gasteiger partial charge in [0, 0.05) is 13.8 Å². The number of carbonyl (C=O) groups is 2. The maximum atomic E-state index is 10.5. The van der Waals surface area contributed by atoms with Crippen molar-refractivity contribution in [2.24, 2.45) is 0 Å². The van der Waals surface area contributed by atoms with Crippen LogP contribution >= 0.6 is 23.5 Å². The van der Waals surface area contributed by atoms with Gasteiger partial charge in [0.2, 0.25) is 0 Å². The predicted molar refractivity (Wildman–Crippen MR) is 94.4 cm³/mol. The molecule has 6 nitrogen and oxygen atoms in total. The van der Waals surface area contributed by atoms with Gasteiger partial charge in [-0.15, -0.1) is 0 Å². The molecule has 2 N–H and O–H groups in total. The van der Waals surface area contributed by atoms with Crippen LogP contribution in [0.15, 0.2) is 0 Å². The zero-order valence-corrected chi connectivity index (χ0v) is 21.7. The maximum Gasteiger partial charge on any atom is 0.188 e. The number of aliphatic hydroxyl groups is 2. The number of nitrogens with zero attached hydrogens (tertiary/aromatic N) is 2. The highest BCUT2D eigenvalue weighted by Crippen LogP contribution is 2.11. The van der Waals surface area contributed by atoms with Gasteiger partial charge >= 0.3 is 0 Å². The summed E-state index contributed by atoms with van der Waals surface area (Å²) in [5.74, 6) is 0. The van der Waals surface area contributed by atoms with Gasteiger partial charge in [0.15, 0.2) is 21.1 Å². The number of aliphatic hydroxyl groups excluding tert-OH is 2. The van der Waals surface area contributed by atoms with E-state index < -0.39 is 10.9 Å². The number of thioether (sulfide) groups is 2. The third-order valence-electron chi connectivity index (χ3n) is 2.01. The molecule has 10 heteroatoms. The Balaban J connectivity index is -0.000000154. The minimum atomic E-state index is -0.576. The van der Waals surface area contributed by atoms with Gasteiger partial charge in [-0.1, -0.05) is 23.5 Å². The van der Waals surface area contributed by atoms with E-state index in [0.29, 0.717) is 22.1 Å². The Morgan fingerprint density at radius 2 is 0.958 bits per heavy atom. The van der Waals surface area contributed by atoms with Gasteiger partial charge in [-0.2, -0.15) is 0 Å². The highest BCUT2D eigenvalue weighted by Gasteiger charge is 2.17. The number of rotatable bonds is 6. The Labute approximate surface area is 189 Å². The molecule has 2 atom stereocenters. The molecule has 0 aliphatic heterocycles. The summed E-state index contributed by atoms with van der Waals surface area (Å²) in [6.07, 6.45) is 0. The van der Waals surface area contributed by atoms with E-state index >= 15 is 0 Å². The standard InChI is InChI=1S/2C7H16NO2S.2HI/c2*1-6(9)11-7(10)5-8(2,3)4;;/h2*7,10H,5H2,1-4H3;2*1H/q2*+1;;/p-2. The molecule has 2 unspecified atom stereocenters. The van der Waals surface area contributed by atoms with E-state index in [4.69, 9.17) is 0 Å². The Kier molecular flexibility index (Phi) is 21.2. The van der Waals surface area contributed by atoms with Crippen molar-refractivity contribution in [3.63, 3.8) is 0 Å². The molecule has 0 aromatic carbocycles. The Morgan fingerprint density at radius 1 is 0.750 bits per heavy atom. The number of hydrogen-bond donors (Lipinski definition) is 2. The molecule has 0 spiro atoms. The molecule has 0 aromatic rings. The summed E-state index contributed by atoms with van der Waals surface area (Å²) in [7, 11) is 11.9. The third-order valence-corrected chi connectivity index (χ3v) is 3.52. The number of halogens is 2. The fourth-order valence-corrected chi connectivity index (χ4v) is 3.20. The van der Waals surface area contributed by atoms with E-state index in [-0.39, 0.29) is 58.2 Å². The molecule has 0 fully saturated rings. The fourth-order valence-electron chi connectivity index (χ4n) is 1.39. The summed E-state index contributed by atoms with van der Waals surface area (Å²) < 4.78 is 1.34. The van der Waals surface area contributed by atoms with Crippen molar-refractivity contribution in [1.82, 2.24) is 0 Å². The minimum Gasteiger partial charge on any atom is -1.00 e. The van der Waals surface area contributed by atoms with E-state index in [0.717, 1.165) is 23.5 Å². The monoisotopic (exact) mass is 610 g/mol. The zero-order chi connectivity index (χ0) is 18.1. The van der Waals surface area contributed by atoms with Crippen molar-refractivity contribution in [1.29, 1.82) is 0 Å². The summed E-state index contributed by atoms with van der Waals surface area (Å²) in [6.45, 7) is 4.10. The van der Waals surface area contributed by atoms with Gasteiger partial charge in [-0.3, -0.25) is 9.59 Å². The summed E-state index contributed by atoms with van der Waals surface area (Å²) in [6, 6.07) is 0. The SMILES string of the molecule is CC(=O)SC(O)C[N+](C)(C)C.CC(=O)SC(O)C[N+](C)(C)C.[I-].[I-]. The van der Waals surface area contributed by atoms with Crippen LogP contribution in [0.25, 0.3) is 0 Å². The molecule has 0 aromatic heterocycles. The van der Waals surface area contributed by atoms with Crippen molar-refractivity contribution in [3.05, 3.63) is 0 Å². The lowest BCUT2D eigenvalue weighted by Crippen LogP contribution is -3.00. The van der Waals surface area contributed by atoms with Crippen molar-refractivity contribution >= 4 is 33.8 Å². The van der Waals surface area contributed by atoms with E-state index in [1.807, 2.05) is 42.3 Å². The molecule has 0 radical (unpaired) electrons. The maximum absolute atomic E-state index is 10.5. The van der Waals surface area contributed by atoms with Crippen LogP contribution in [0.3, 0.4) is 0 Å². The van der Waals surface area contributed by atoms with Gasteiger partial charge < -0.3 is 67.1 Å². The number of hydrogen-bond acceptors (Lipinski definition) is 6. The second-order valence-electron chi connectivity index (χ2n) is 7.07. The summed E-state index contributed by atoms with van der Waals surface area (Å²) in [5.41, 5.74) is -1.15. The molecular weight excluding hydrogens is 578 g/mol. The molecular formula is C14H32I2N2O4S2. The Morgan fingerprint density at radius 3 is 1.08 bits per heavy atom. The van der Waals surface area contributed by atoms with Gasteiger partial charge in [0.1, 0.15) is 13.1 Å². The van der Waals surface area contributed by atoms with Gasteiger partial charge in [-0.25, -0.2) is 0 Å². The van der Waals surface area contributed by atoms with Crippen LogP contribution in [0.5, 0.6) is 0 Å². The second kappa shape index (κ2) is 15.4. The highest BCUT2D eigenvalue weighted by molar-refractivity contribution is 8.14. The summed E-state index contributed by atoms with van der Waals surface area (Å²) in [4.78, 5) is 21.1. The first-order valence-corrected chi connectivity index (χ1v) is 8.70. The smallest absolute Gasteiger partial charge is 0.188 e. The number of carbonyl (C=O) groups excluding carboxylic acids is 2. The van der Waals surface area contributed by atoms with Gasteiger partial charge in [0.25, 0.3) is 0 Å². The van der Waals surface area contributed by atoms with Crippen LogP contribution in [0.2, 0.25) is 0 Å². The van der Waals surface area contributed by atoms with E-state index in [2.05, 4.69) is 0 Å². The van der Waals surface area contributed by atoms with Gasteiger partial charge in [0.05, 0.1) is 42.3 Å². The van der Waals surface area contributed by atoms with Gasteiger partial charge in [-0.05, 0) is 0 Å². The molecule has 0 aliphatic carbocycles. The average molecular weight is 610 g/mol. The summed E-state index contributed by atoms with van der Waals surface area (Å²) >= 11 is 1.96. The van der Waals surface area contributed by atoms with E-state index in [9.17, 15) is 19.8 Å². The van der Waals surface area contributed by atoms with Crippen LogP contribution in [-0.2, 0) is 9.59 Å². The lowest BCUT2D eigenvalue weighted by molar-refractivity contribution is -0.871.